The van der Waals surface area contributed by atoms with Crippen molar-refractivity contribution in [2.75, 3.05) is 7.11 Å². The zero-order valence-electron chi connectivity index (χ0n) is 33.6. The van der Waals surface area contributed by atoms with Gasteiger partial charge in [0.15, 0.2) is 5.71 Å². The average Bonchev–Trinajstić information content (AvgIpc) is 3.79. The molecule has 0 unspecified atom stereocenters. The van der Waals surface area contributed by atoms with Crippen LogP contribution in [0.2, 0.25) is 0 Å². The largest absolute Gasteiger partial charge is 0.700 e. The van der Waals surface area contributed by atoms with Crippen molar-refractivity contribution in [3.05, 3.63) is 195 Å². The van der Waals surface area contributed by atoms with E-state index in [-0.39, 0.29) is 10.8 Å². The molecule has 1 radical (unpaired) electrons. The van der Waals surface area contributed by atoms with Gasteiger partial charge in [-0.25, -0.2) is 4.79 Å². The Morgan fingerprint density at radius 2 is 1.23 bits per heavy atom. The maximum Gasteiger partial charge on any atom is 0.700 e. The molecule has 2 aliphatic rings. The molecule has 0 amide bonds. The summed E-state index contributed by atoms with van der Waals surface area (Å²) in [4.78, 5) is 13.7. The van der Waals surface area contributed by atoms with E-state index >= 15 is 0 Å². The summed E-state index contributed by atoms with van der Waals surface area (Å²) < 4.78 is 16.1. The highest BCUT2D eigenvalue weighted by molar-refractivity contribution is 6.34. The Labute approximate surface area is 335 Å². The summed E-state index contributed by atoms with van der Waals surface area (Å²) in [6, 6.07) is 48.7. The second-order valence-electron chi connectivity index (χ2n) is 17.0. The molecule has 0 N–H and O–H groups in total. The summed E-state index contributed by atoms with van der Waals surface area (Å²) in [5.41, 5.74) is 14.9. The Hall–Kier alpha value is -6.40. The van der Waals surface area contributed by atoms with E-state index in [1.807, 2.05) is 24.3 Å². The topological polar surface area (TPSA) is 47.4 Å². The number of allylic oxidation sites excluding steroid dienone is 2. The summed E-state index contributed by atoms with van der Waals surface area (Å²) in [5, 5.41) is 0.818. The quantitative estimate of drug-likeness (QED) is 0.126. The highest BCUT2D eigenvalue weighted by Gasteiger charge is 2.45. The van der Waals surface area contributed by atoms with Crippen LogP contribution in [0.3, 0.4) is 0 Å². The highest BCUT2D eigenvalue weighted by atomic mass is 16.5. The standard InChI is InChI=1S/C51H45BN2O3/c1-50(2,3)36-22-18-34(19-23-36)43-29-40(32-14-10-8-11-15-32)48-47(42-31-46(55)57-45-28-38(56-7)26-27-39(42)45)49-41(33-16-12-9-13-17-33)30-44(54(49)52-53(43)48)35-20-24-37(25-21-35)51(4,5)6/h8-31H,1-7H3/q+1. The lowest BCUT2D eigenvalue weighted by atomic mass is 9.85. The Kier molecular flexibility index (Phi) is 8.69. The van der Waals surface area contributed by atoms with Crippen molar-refractivity contribution in [1.82, 2.24) is 4.48 Å². The zero-order valence-corrected chi connectivity index (χ0v) is 33.6. The molecule has 0 bridgehead atoms. The van der Waals surface area contributed by atoms with Gasteiger partial charge in [0, 0.05) is 46.0 Å². The van der Waals surface area contributed by atoms with Crippen LogP contribution in [0.5, 0.6) is 5.75 Å². The van der Waals surface area contributed by atoms with E-state index in [9.17, 15) is 4.79 Å². The molecule has 0 atom stereocenters. The molecule has 4 heterocycles. The predicted molar refractivity (Wildman–Crippen MR) is 234 cm³/mol. The number of fused-ring (bicyclic) bond motifs is 3. The lowest BCUT2D eigenvalue weighted by Gasteiger charge is -2.23. The lowest BCUT2D eigenvalue weighted by molar-refractivity contribution is -0.310. The number of benzene rings is 5. The number of ether oxygens (including phenoxy) is 1. The third-order valence-corrected chi connectivity index (χ3v) is 11.3. The van der Waals surface area contributed by atoms with Crippen LogP contribution in [0, 0.1) is 0 Å². The Morgan fingerprint density at radius 3 is 1.82 bits per heavy atom. The van der Waals surface area contributed by atoms with Gasteiger partial charge in [-0.1, -0.05) is 139 Å². The van der Waals surface area contributed by atoms with Crippen LogP contribution in [0.15, 0.2) is 161 Å². The third-order valence-electron chi connectivity index (χ3n) is 11.3. The second-order valence-corrected chi connectivity index (χ2v) is 17.0. The maximum absolute atomic E-state index is 13.7. The molecule has 2 aliphatic heterocycles. The maximum atomic E-state index is 13.7. The molecule has 57 heavy (non-hydrogen) atoms. The van der Waals surface area contributed by atoms with Gasteiger partial charge in [0.05, 0.1) is 23.9 Å². The van der Waals surface area contributed by atoms with Crippen molar-refractivity contribution >= 4 is 35.4 Å². The molecule has 9 rings (SSSR count). The van der Waals surface area contributed by atoms with Crippen LogP contribution in [-0.2, 0) is 10.8 Å². The van der Waals surface area contributed by atoms with Gasteiger partial charge >= 0.3 is 13.2 Å². The van der Waals surface area contributed by atoms with Crippen LogP contribution >= 0.6 is 0 Å². The van der Waals surface area contributed by atoms with E-state index in [1.54, 1.807) is 19.2 Å². The fourth-order valence-electron chi connectivity index (χ4n) is 8.16. The van der Waals surface area contributed by atoms with Crippen LogP contribution in [0.25, 0.3) is 44.5 Å². The van der Waals surface area contributed by atoms with Gasteiger partial charge in [0.1, 0.15) is 11.3 Å². The van der Waals surface area contributed by atoms with Crippen molar-refractivity contribution in [2.45, 2.75) is 52.4 Å². The highest BCUT2D eigenvalue weighted by Crippen LogP contribution is 2.48. The number of nitrogens with zero attached hydrogens (tertiary/aromatic N) is 2. The minimum absolute atomic E-state index is 0.0167. The van der Waals surface area contributed by atoms with Gasteiger partial charge in [-0.15, -0.1) is 0 Å². The van der Waals surface area contributed by atoms with Crippen molar-refractivity contribution < 1.29 is 13.6 Å². The molecule has 279 valence electrons. The van der Waals surface area contributed by atoms with E-state index in [0.717, 1.165) is 72.7 Å². The minimum Gasteiger partial charge on any atom is -0.497 e. The predicted octanol–water partition coefficient (Wildman–Crippen LogP) is 11.3. The Bertz CT molecular complexity index is 2840. The number of hydrogen-bond donors (Lipinski definition) is 0. The van der Waals surface area contributed by atoms with Gasteiger partial charge in [0.25, 0.3) is 0 Å². The fraction of sp³-hybridized carbons (Fsp3) is 0.176. The zero-order chi connectivity index (χ0) is 39.6. The summed E-state index contributed by atoms with van der Waals surface area (Å²) in [7, 11) is 3.86. The first-order valence-electron chi connectivity index (χ1n) is 19.6. The Balaban J connectivity index is 1.43. The fourth-order valence-corrected chi connectivity index (χ4v) is 8.16. The summed E-state index contributed by atoms with van der Waals surface area (Å²) >= 11 is 0. The molecule has 0 saturated heterocycles. The monoisotopic (exact) mass is 744 g/mol. The van der Waals surface area contributed by atoms with Crippen LogP contribution < -0.4 is 10.4 Å². The lowest BCUT2D eigenvalue weighted by Crippen LogP contribution is -2.33. The van der Waals surface area contributed by atoms with Crippen LogP contribution in [0.1, 0.15) is 75.1 Å². The number of methoxy groups -OCH3 is 1. The van der Waals surface area contributed by atoms with Crippen LogP contribution in [-0.4, -0.2) is 29.3 Å². The van der Waals surface area contributed by atoms with E-state index in [0.29, 0.717) is 11.3 Å². The third kappa shape index (κ3) is 6.39. The number of aromatic nitrogens is 1. The van der Waals surface area contributed by atoms with Crippen molar-refractivity contribution in [3.8, 4) is 28.1 Å². The molecule has 7 aromatic rings. The second kappa shape index (κ2) is 13.7. The normalized spacial score (nSPS) is 14.1. The van der Waals surface area contributed by atoms with Gasteiger partial charge in [-0.05, 0) is 69.0 Å². The van der Waals surface area contributed by atoms with E-state index < -0.39 is 5.63 Å². The van der Waals surface area contributed by atoms with Crippen molar-refractivity contribution in [3.63, 3.8) is 0 Å². The van der Waals surface area contributed by atoms with E-state index in [4.69, 9.17) is 9.15 Å². The molecule has 5 nitrogen and oxygen atoms in total. The van der Waals surface area contributed by atoms with Crippen LogP contribution in [0.4, 0.5) is 0 Å². The number of hydrogen-bond acceptors (Lipinski definition) is 3. The molecule has 2 aromatic heterocycles. The molecular weight excluding hydrogens is 699 g/mol. The minimum atomic E-state index is -0.428. The first-order chi connectivity index (χ1) is 27.4. The Morgan fingerprint density at radius 1 is 0.632 bits per heavy atom. The van der Waals surface area contributed by atoms with Gasteiger partial charge in [-0.3, -0.25) is 4.49 Å². The molecule has 5 aromatic carbocycles. The molecule has 0 saturated carbocycles. The van der Waals surface area contributed by atoms with Gasteiger partial charge in [-0.2, -0.15) is 0 Å². The summed E-state index contributed by atoms with van der Waals surface area (Å²) in [6.45, 7) is 13.5. The van der Waals surface area contributed by atoms with Gasteiger partial charge in [0.2, 0.25) is 5.70 Å². The molecular formula is C51H45BN2O3+. The van der Waals surface area contributed by atoms with E-state index in [2.05, 4.69) is 167 Å². The molecule has 6 heteroatoms. The summed E-state index contributed by atoms with van der Waals surface area (Å²) in [5.74, 6) is 0.619. The van der Waals surface area contributed by atoms with Crippen molar-refractivity contribution in [1.29, 1.82) is 0 Å². The number of rotatable bonds is 6. The molecule has 0 aliphatic carbocycles. The molecule has 0 fully saturated rings. The van der Waals surface area contributed by atoms with Gasteiger partial charge < -0.3 is 13.6 Å². The SMILES string of the molecule is COc1ccc2c(C3=C4C(c5ccccc5)=CC(c5ccc(C(C)(C)C)cc5)=[N+]4[B]n4c(-c5ccc(C(C)(C)C)cc5)cc(-c5ccccc5)c43)cc(=O)oc2c1. The first kappa shape index (κ1) is 36.3. The average molecular weight is 745 g/mol. The first-order valence-corrected chi connectivity index (χ1v) is 19.6. The van der Waals surface area contributed by atoms with Crippen molar-refractivity contribution in [2.24, 2.45) is 0 Å². The van der Waals surface area contributed by atoms with E-state index in [1.165, 1.54) is 11.1 Å². The summed E-state index contributed by atoms with van der Waals surface area (Å²) in [6.07, 6.45) is 2.30. The smallest absolute Gasteiger partial charge is 0.497 e. The molecule has 0 spiro atoms.